The minimum absolute atomic E-state index is 0.00520. The number of halogens is 3. The average molecular weight is 691 g/mol. The molecule has 14 heteroatoms. The molecule has 248 valence electrons. The van der Waals surface area contributed by atoms with Gasteiger partial charge in [0.2, 0.25) is 0 Å². The number of aromatic nitrogens is 3. The van der Waals surface area contributed by atoms with E-state index < -0.39 is 11.6 Å². The van der Waals surface area contributed by atoms with Crippen LogP contribution in [0.1, 0.15) is 43.9 Å². The number of anilines is 3. The monoisotopic (exact) mass is 690 g/mol. The number of nitriles is 1. The summed E-state index contributed by atoms with van der Waals surface area (Å²) in [7, 11) is 1.82. The van der Waals surface area contributed by atoms with Gasteiger partial charge >= 0.3 is 6.01 Å². The van der Waals surface area contributed by atoms with Crippen LogP contribution in [0, 0.1) is 23.0 Å². The van der Waals surface area contributed by atoms with Gasteiger partial charge in [0.05, 0.1) is 34.0 Å². The van der Waals surface area contributed by atoms with Crippen molar-refractivity contribution in [1.82, 2.24) is 19.9 Å². The van der Waals surface area contributed by atoms with Gasteiger partial charge in [0, 0.05) is 53.8 Å². The number of hydrogen-bond acceptors (Lipinski definition) is 11. The molecule has 7 rings (SSSR count). The fourth-order valence-corrected chi connectivity index (χ4v) is 8.13. The lowest BCUT2D eigenvalue weighted by Gasteiger charge is -2.37. The normalized spacial score (nSPS) is 20.1. The second-order valence-corrected chi connectivity index (χ2v) is 13.8. The molecule has 5 heterocycles. The summed E-state index contributed by atoms with van der Waals surface area (Å²) in [5.41, 5.74) is 13.3. The number of fused-ring (bicyclic) bond motifs is 3. The summed E-state index contributed by atoms with van der Waals surface area (Å²) < 4.78 is 44.2. The van der Waals surface area contributed by atoms with E-state index in [9.17, 15) is 9.65 Å². The van der Waals surface area contributed by atoms with Crippen LogP contribution in [0.25, 0.3) is 32.1 Å². The lowest BCUT2D eigenvalue weighted by molar-refractivity contribution is -0.0556. The molecule has 3 aromatic heterocycles. The van der Waals surface area contributed by atoms with E-state index in [1.807, 2.05) is 31.0 Å². The van der Waals surface area contributed by atoms with E-state index in [0.29, 0.717) is 36.3 Å². The van der Waals surface area contributed by atoms with Gasteiger partial charge in [0.1, 0.15) is 40.6 Å². The van der Waals surface area contributed by atoms with Crippen LogP contribution >= 0.6 is 22.9 Å². The topological polar surface area (TPSA) is 139 Å². The van der Waals surface area contributed by atoms with E-state index in [0.717, 1.165) is 36.3 Å². The predicted octanol–water partition coefficient (Wildman–Crippen LogP) is 6.70. The molecular formula is C34H33ClF2N8O2S. The van der Waals surface area contributed by atoms with Gasteiger partial charge in [0.15, 0.2) is 5.82 Å². The standard InChI is InChI=1S/C34H33ClF2N8O2S/c1-16-13-45-18(14-46-16)6-7-19(45)15-47-34-42-29-22(33(43-34)44(3)17(2)20-5-4-10-41-31(20)39)11-24(35)27(28(29)37)21-8-9-25(36)30-26(21)23(12-38)32(40)48-30/h4-5,8-11,16-19H,6-7,13-15,40H2,1-3H3,(H2,39,41)/t16-,17+,18-,19-/m0/s1. The van der Waals surface area contributed by atoms with E-state index in [4.69, 9.17) is 37.5 Å². The summed E-state index contributed by atoms with van der Waals surface area (Å²) in [5.74, 6) is -0.613. The van der Waals surface area contributed by atoms with Crippen LogP contribution in [0.3, 0.4) is 0 Å². The van der Waals surface area contributed by atoms with E-state index in [-0.39, 0.29) is 66.5 Å². The first-order chi connectivity index (χ1) is 23.1. The summed E-state index contributed by atoms with van der Waals surface area (Å²) in [5, 5.41) is 10.6. The summed E-state index contributed by atoms with van der Waals surface area (Å²) in [4.78, 5) is 17.9. The number of ether oxygens (including phenoxy) is 2. The molecule has 2 aliphatic heterocycles. The predicted molar refractivity (Wildman–Crippen MR) is 184 cm³/mol. The molecule has 0 aliphatic carbocycles. The van der Waals surface area contributed by atoms with E-state index >= 15 is 4.39 Å². The lowest BCUT2D eigenvalue weighted by Crippen LogP contribution is -2.49. The SMILES string of the molecule is C[C@H](c1cccnc1N)N(C)c1nc(OC[C@@H]2CC[C@H]3CO[C@@H](C)CN23)nc2c(F)c(-c3ccc(F)c4sc(N)c(C#N)c34)c(Cl)cc12. The van der Waals surface area contributed by atoms with Gasteiger partial charge in [0.25, 0.3) is 0 Å². The Kier molecular flexibility index (Phi) is 8.45. The minimum Gasteiger partial charge on any atom is -0.462 e. The van der Waals surface area contributed by atoms with Gasteiger partial charge in [-0.05, 0) is 50.5 Å². The first kappa shape index (κ1) is 32.2. The number of nitrogen functional groups attached to an aromatic ring is 2. The lowest BCUT2D eigenvalue weighted by atomic mass is 9.97. The Hall–Kier alpha value is -4.35. The number of thiophene rings is 1. The van der Waals surface area contributed by atoms with E-state index in [2.05, 4.69) is 21.8 Å². The van der Waals surface area contributed by atoms with E-state index in [1.165, 1.54) is 12.1 Å². The minimum atomic E-state index is -0.766. The Morgan fingerprint density at radius 3 is 2.83 bits per heavy atom. The highest BCUT2D eigenvalue weighted by Gasteiger charge is 2.38. The molecule has 2 aromatic carbocycles. The maximum Gasteiger partial charge on any atom is 0.319 e. The molecule has 48 heavy (non-hydrogen) atoms. The van der Waals surface area contributed by atoms with Crippen LogP contribution in [-0.2, 0) is 4.74 Å². The zero-order valence-electron chi connectivity index (χ0n) is 26.5. The van der Waals surface area contributed by atoms with Gasteiger partial charge in [-0.1, -0.05) is 23.7 Å². The highest BCUT2D eigenvalue weighted by atomic mass is 35.5. The van der Waals surface area contributed by atoms with Crippen molar-refractivity contribution in [3.05, 3.63) is 64.3 Å². The Labute approximate surface area is 284 Å². The number of hydrogen-bond donors (Lipinski definition) is 2. The molecule has 0 radical (unpaired) electrons. The summed E-state index contributed by atoms with van der Waals surface area (Å²) >= 11 is 7.78. The largest absolute Gasteiger partial charge is 0.462 e. The number of pyridine rings is 1. The molecule has 0 saturated carbocycles. The molecule has 10 nitrogen and oxygen atoms in total. The number of morpholine rings is 1. The molecule has 4 atom stereocenters. The van der Waals surface area contributed by atoms with Crippen LogP contribution in [0.5, 0.6) is 6.01 Å². The third-order valence-electron chi connectivity index (χ3n) is 9.49. The molecule has 2 saturated heterocycles. The molecule has 2 fully saturated rings. The van der Waals surface area contributed by atoms with Gasteiger partial charge < -0.3 is 25.8 Å². The molecule has 0 amide bonds. The van der Waals surface area contributed by atoms with Gasteiger partial charge in [-0.2, -0.15) is 15.2 Å². The maximum absolute atomic E-state index is 17.0. The molecule has 0 bridgehead atoms. The Morgan fingerprint density at radius 2 is 2.06 bits per heavy atom. The van der Waals surface area contributed by atoms with Crippen molar-refractivity contribution in [2.24, 2.45) is 0 Å². The van der Waals surface area contributed by atoms with Crippen molar-refractivity contribution < 1.29 is 18.3 Å². The molecule has 5 aromatic rings. The van der Waals surface area contributed by atoms with Crippen LogP contribution in [0.15, 0.2) is 36.5 Å². The summed E-state index contributed by atoms with van der Waals surface area (Å²) in [6.45, 7) is 5.79. The Bertz CT molecular complexity index is 2110. The molecule has 2 aliphatic rings. The average Bonchev–Trinajstić information content (AvgIpc) is 3.64. The fourth-order valence-electron chi connectivity index (χ4n) is 6.89. The summed E-state index contributed by atoms with van der Waals surface area (Å²) in [6, 6.07) is 10.0. The van der Waals surface area contributed by atoms with Gasteiger partial charge in [-0.25, -0.2) is 13.8 Å². The smallest absolute Gasteiger partial charge is 0.319 e. The van der Waals surface area contributed by atoms with Gasteiger partial charge in [-0.15, -0.1) is 11.3 Å². The van der Waals surface area contributed by atoms with Crippen LogP contribution < -0.4 is 21.1 Å². The zero-order chi connectivity index (χ0) is 33.9. The van der Waals surface area contributed by atoms with Crippen molar-refractivity contribution in [2.45, 2.75) is 50.9 Å². The third-order valence-corrected chi connectivity index (χ3v) is 10.8. The molecule has 0 spiro atoms. The third kappa shape index (κ3) is 5.42. The van der Waals surface area contributed by atoms with Crippen molar-refractivity contribution in [2.75, 3.05) is 43.2 Å². The van der Waals surface area contributed by atoms with Crippen molar-refractivity contribution in [3.8, 4) is 23.2 Å². The highest BCUT2D eigenvalue weighted by molar-refractivity contribution is 7.23. The van der Waals surface area contributed by atoms with Crippen LogP contribution in [0.2, 0.25) is 5.02 Å². The van der Waals surface area contributed by atoms with Crippen molar-refractivity contribution in [1.29, 1.82) is 5.26 Å². The molecule has 4 N–H and O–H groups in total. The number of nitrogens with two attached hydrogens (primary N) is 2. The van der Waals surface area contributed by atoms with Crippen LogP contribution in [0.4, 0.5) is 25.4 Å². The first-order valence-corrected chi connectivity index (χ1v) is 16.8. The quantitative estimate of drug-likeness (QED) is 0.190. The Morgan fingerprint density at radius 1 is 1.25 bits per heavy atom. The molecule has 0 unspecified atom stereocenters. The van der Waals surface area contributed by atoms with Crippen LogP contribution in [-0.4, -0.2) is 64.8 Å². The van der Waals surface area contributed by atoms with Gasteiger partial charge in [-0.3, -0.25) is 4.90 Å². The number of benzene rings is 2. The van der Waals surface area contributed by atoms with E-state index in [1.54, 1.807) is 18.3 Å². The summed E-state index contributed by atoms with van der Waals surface area (Å²) in [6.07, 6.45) is 3.66. The zero-order valence-corrected chi connectivity index (χ0v) is 28.1. The second-order valence-electron chi connectivity index (χ2n) is 12.3. The van der Waals surface area contributed by atoms with Crippen molar-refractivity contribution in [3.63, 3.8) is 0 Å². The maximum atomic E-state index is 17.0. The number of rotatable bonds is 7. The molecular weight excluding hydrogens is 658 g/mol. The fraction of sp³-hybridized carbons (Fsp3) is 0.353. The Balaban J connectivity index is 1.37. The second kappa shape index (κ2) is 12.6. The first-order valence-electron chi connectivity index (χ1n) is 15.6. The number of nitrogens with zero attached hydrogens (tertiary/aromatic N) is 6. The van der Waals surface area contributed by atoms with Crippen molar-refractivity contribution >= 4 is 60.6 Å². The highest BCUT2D eigenvalue weighted by Crippen LogP contribution is 2.46.